The molecule has 0 fully saturated rings. The third-order valence-corrected chi connectivity index (χ3v) is 1.05. The Morgan fingerprint density at radius 1 is 1.67 bits per heavy atom. The largest absolute Gasteiger partial charge is 0.383 e. The molecule has 0 aliphatic carbocycles. The lowest BCUT2D eigenvalue weighted by Gasteiger charge is -2.10. The predicted octanol–water partition coefficient (Wildman–Crippen LogP) is -0.430. The second kappa shape index (κ2) is 6.01. The average Bonchev–Trinajstić information content (AvgIpc) is 1.85. The maximum Gasteiger partial charge on any atom is 0.0613 e. The van der Waals surface area contributed by atoms with E-state index in [-0.39, 0.29) is 0 Å². The highest BCUT2D eigenvalue weighted by Crippen LogP contribution is 1.78. The topological polar surface area (TPSA) is 47.3 Å². The summed E-state index contributed by atoms with van der Waals surface area (Å²) in [4.78, 5) is 0. The van der Waals surface area contributed by atoms with E-state index in [4.69, 9.17) is 10.5 Å². The summed E-state index contributed by atoms with van der Waals surface area (Å²) < 4.78 is 4.90. The number of methoxy groups -OCH3 is 1. The average molecular weight is 132 g/mol. The Kier molecular flexibility index (Phi) is 5.93. The quantitative estimate of drug-likeness (QED) is 0.533. The summed E-state index contributed by atoms with van der Waals surface area (Å²) in [5.41, 5.74) is 5.27. The smallest absolute Gasteiger partial charge is 0.0613 e. The second-order valence-corrected chi connectivity index (χ2v) is 2.10. The van der Waals surface area contributed by atoms with Crippen LogP contribution in [0, 0.1) is 0 Å². The first-order valence-electron chi connectivity index (χ1n) is 3.23. The molecule has 0 radical (unpaired) electrons. The molecule has 9 heavy (non-hydrogen) atoms. The SMILES string of the molecule is COCC(C)NCCN. The summed E-state index contributed by atoms with van der Waals surface area (Å²) >= 11 is 0. The maximum absolute atomic E-state index is 5.27. The van der Waals surface area contributed by atoms with Gasteiger partial charge in [-0.3, -0.25) is 0 Å². The van der Waals surface area contributed by atoms with Gasteiger partial charge in [-0.25, -0.2) is 0 Å². The number of hydrogen-bond donors (Lipinski definition) is 2. The van der Waals surface area contributed by atoms with Gasteiger partial charge < -0.3 is 15.8 Å². The number of nitrogens with one attached hydrogen (secondary N) is 1. The first-order valence-corrected chi connectivity index (χ1v) is 3.23. The highest BCUT2D eigenvalue weighted by Gasteiger charge is 1.96. The molecule has 3 nitrogen and oxygen atoms in total. The van der Waals surface area contributed by atoms with Crippen molar-refractivity contribution in [2.24, 2.45) is 5.73 Å². The lowest BCUT2D eigenvalue weighted by Crippen LogP contribution is -2.34. The van der Waals surface area contributed by atoms with Gasteiger partial charge in [0, 0.05) is 26.2 Å². The molecule has 0 saturated heterocycles. The third kappa shape index (κ3) is 5.76. The summed E-state index contributed by atoms with van der Waals surface area (Å²) in [7, 11) is 1.70. The molecule has 0 aromatic heterocycles. The van der Waals surface area contributed by atoms with Crippen LogP contribution in [0.25, 0.3) is 0 Å². The second-order valence-electron chi connectivity index (χ2n) is 2.10. The Balaban J connectivity index is 2.95. The van der Waals surface area contributed by atoms with Crippen molar-refractivity contribution in [3.63, 3.8) is 0 Å². The molecule has 0 amide bonds. The van der Waals surface area contributed by atoms with Gasteiger partial charge in [-0.1, -0.05) is 0 Å². The van der Waals surface area contributed by atoms with Crippen LogP contribution < -0.4 is 11.1 Å². The van der Waals surface area contributed by atoms with E-state index in [0.717, 1.165) is 13.2 Å². The summed E-state index contributed by atoms with van der Waals surface area (Å²) in [5, 5.41) is 3.18. The van der Waals surface area contributed by atoms with Crippen LogP contribution in [0.3, 0.4) is 0 Å². The van der Waals surface area contributed by atoms with E-state index in [1.807, 2.05) is 0 Å². The van der Waals surface area contributed by atoms with Crippen molar-refractivity contribution in [1.82, 2.24) is 5.32 Å². The molecular weight excluding hydrogens is 116 g/mol. The molecule has 0 rings (SSSR count). The Bertz CT molecular complexity index is 59.0. The summed E-state index contributed by atoms with van der Waals surface area (Å²) in [6.07, 6.45) is 0. The minimum absolute atomic E-state index is 0.415. The molecule has 1 unspecified atom stereocenters. The van der Waals surface area contributed by atoms with Crippen LogP contribution in [0.15, 0.2) is 0 Å². The van der Waals surface area contributed by atoms with Gasteiger partial charge in [-0.2, -0.15) is 0 Å². The zero-order valence-corrected chi connectivity index (χ0v) is 6.18. The first kappa shape index (κ1) is 8.88. The van der Waals surface area contributed by atoms with Crippen LogP contribution in [-0.2, 0) is 4.74 Å². The van der Waals surface area contributed by atoms with Gasteiger partial charge in [0.1, 0.15) is 0 Å². The van der Waals surface area contributed by atoms with E-state index in [1.54, 1.807) is 7.11 Å². The van der Waals surface area contributed by atoms with Crippen LogP contribution in [-0.4, -0.2) is 32.8 Å². The summed E-state index contributed by atoms with van der Waals surface area (Å²) in [6.45, 7) is 4.37. The number of rotatable bonds is 5. The molecule has 0 aliphatic heterocycles. The van der Waals surface area contributed by atoms with E-state index in [2.05, 4.69) is 12.2 Å². The maximum atomic E-state index is 5.27. The number of ether oxygens (including phenoxy) is 1. The van der Waals surface area contributed by atoms with Crippen LogP contribution >= 0.6 is 0 Å². The van der Waals surface area contributed by atoms with Crippen molar-refractivity contribution in [3.8, 4) is 0 Å². The monoisotopic (exact) mass is 132 g/mol. The van der Waals surface area contributed by atoms with Gasteiger partial charge in [-0.05, 0) is 6.92 Å². The molecular formula is C6H16N2O. The van der Waals surface area contributed by atoms with Gasteiger partial charge in [0.05, 0.1) is 6.61 Å². The van der Waals surface area contributed by atoms with Gasteiger partial charge in [0.15, 0.2) is 0 Å². The molecule has 0 aliphatic rings. The van der Waals surface area contributed by atoms with E-state index >= 15 is 0 Å². The fraction of sp³-hybridized carbons (Fsp3) is 1.00. The van der Waals surface area contributed by atoms with Gasteiger partial charge in [0.25, 0.3) is 0 Å². The summed E-state index contributed by atoms with van der Waals surface area (Å²) in [6, 6.07) is 0.415. The van der Waals surface area contributed by atoms with E-state index in [0.29, 0.717) is 12.6 Å². The fourth-order valence-corrected chi connectivity index (χ4v) is 0.639. The Morgan fingerprint density at radius 3 is 2.78 bits per heavy atom. The van der Waals surface area contributed by atoms with Gasteiger partial charge in [-0.15, -0.1) is 0 Å². The molecule has 0 heterocycles. The van der Waals surface area contributed by atoms with Crippen molar-refractivity contribution >= 4 is 0 Å². The third-order valence-electron chi connectivity index (χ3n) is 1.05. The molecule has 0 aromatic rings. The Labute approximate surface area is 56.6 Å². The standard InChI is InChI=1S/C6H16N2O/c1-6(5-9-2)8-4-3-7/h6,8H,3-5,7H2,1-2H3. The molecule has 0 bridgehead atoms. The molecule has 0 saturated carbocycles. The Hall–Kier alpha value is -0.120. The van der Waals surface area contributed by atoms with Crippen LogP contribution in [0.2, 0.25) is 0 Å². The number of hydrogen-bond acceptors (Lipinski definition) is 3. The van der Waals surface area contributed by atoms with Gasteiger partial charge >= 0.3 is 0 Å². The van der Waals surface area contributed by atoms with Crippen LogP contribution in [0.5, 0.6) is 0 Å². The minimum Gasteiger partial charge on any atom is -0.383 e. The summed E-state index contributed by atoms with van der Waals surface area (Å²) in [5.74, 6) is 0. The van der Waals surface area contributed by atoms with Crippen LogP contribution in [0.4, 0.5) is 0 Å². The first-order chi connectivity index (χ1) is 4.31. The fourth-order valence-electron chi connectivity index (χ4n) is 0.639. The lowest BCUT2D eigenvalue weighted by atomic mass is 10.3. The van der Waals surface area contributed by atoms with E-state index < -0.39 is 0 Å². The van der Waals surface area contributed by atoms with Crippen molar-refractivity contribution in [2.45, 2.75) is 13.0 Å². The molecule has 1 atom stereocenters. The molecule has 0 aromatic carbocycles. The van der Waals surface area contributed by atoms with Crippen LogP contribution in [0.1, 0.15) is 6.92 Å². The van der Waals surface area contributed by atoms with Crippen molar-refractivity contribution < 1.29 is 4.74 Å². The van der Waals surface area contributed by atoms with Crippen molar-refractivity contribution in [1.29, 1.82) is 0 Å². The predicted molar refractivity (Wildman–Crippen MR) is 38.4 cm³/mol. The normalized spacial score (nSPS) is 13.7. The zero-order chi connectivity index (χ0) is 7.11. The molecule has 56 valence electrons. The minimum atomic E-state index is 0.415. The van der Waals surface area contributed by atoms with E-state index in [1.165, 1.54) is 0 Å². The van der Waals surface area contributed by atoms with Crippen molar-refractivity contribution in [2.75, 3.05) is 26.8 Å². The van der Waals surface area contributed by atoms with Gasteiger partial charge in [0.2, 0.25) is 0 Å². The number of nitrogens with two attached hydrogens (primary N) is 1. The van der Waals surface area contributed by atoms with E-state index in [9.17, 15) is 0 Å². The lowest BCUT2D eigenvalue weighted by molar-refractivity contribution is 0.173. The molecule has 3 heteroatoms. The highest BCUT2D eigenvalue weighted by atomic mass is 16.5. The molecule has 3 N–H and O–H groups in total. The van der Waals surface area contributed by atoms with Crippen molar-refractivity contribution in [3.05, 3.63) is 0 Å². The Morgan fingerprint density at radius 2 is 2.33 bits per heavy atom. The zero-order valence-electron chi connectivity index (χ0n) is 6.18. The highest BCUT2D eigenvalue weighted by molar-refractivity contribution is 4.57. The molecule has 0 spiro atoms.